The van der Waals surface area contributed by atoms with Crippen molar-refractivity contribution < 1.29 is 18.7 Å². The van der Waals surface area contributed by atoms with Gasteiger partial charge in [-0.25, -0.2) is 19.2 Å². The number of aryl methyl sites for hydroxylation is 1. The maximum absolute atomic E-state index is 13.3. The van der Waals surface area contributed by atoms with Crippen LogP contribution in [-0.2, 0) is 4.74 Å². The van der Waals surface area contributed by atoms with Crippen LogP contribution in [0.3, 0.4) is 0 Å². The molecule has 24 heavy (non-hydrogen) atoms. The van der Waals surface area contributed by atoms with Gasteiger partial charge in [0.05, 0.1) is 25.3 Å². The molecule has 0 aliphatic carbocycles. The lowest BCUT2D eigenvalue weighted by Crippen LogP contribution is -2.01. The van der Waals surface area contributed by atoms with E-state index >= 15 is 0 Å². The molecule has 6 nitrogen and oxygen atoms in total. The maximum atomic E-state index is 13.3. The molecule has 0 amide bonds. The number of benzene rings is 1. The fourth-order valence-corrected chi connectivity index (χ4v) is 3.42. The molecule has 0 aliphatic rings. The molecule has 2 aromatic heterocycles. The van der Waals surface area contributed by atoms with Gasteiger partial charge in [0.25, 0.3) is 0 Å². The maximum Gasteiger partial charge on any atom is 0.348 e. The predicted octanol–water partition coefficient (Wildman–Crippen LogP) is 3.68. The number of carbonyl (C=O) groups is 1. The Morgan fingerprint density at radius 2 is 2.08 bits per heavy atom. The van der Waals surface area contributed by atoms with Gasteiger partial charge in [-0.05, 0) is 24.6 Å². The number of anilines is 2. The molecular weight excluding hydrogens is 333 g/mol. The lowest BCUT2D eigenvalue weighted by Gasteiger charge is -2.11. The Hall–Kier alpha value is -2.74. The number of hydrogen-bond donors (Lipinski definition) is 1. The van der Waals surface area contributed by atoms with Crippen molar-refractivity contribution >= 4 is 39.0 Å². The van der Waals surface area contributed by atoms with E-state index < -0.39 is 11.8 Å². The summed E-state index contributed by atoms with van der Waals surface area (Å²) in [6.45, 7) is 1.81. The normalized spacial score (nSPS) is 10.7. The van der Waals surface area contributed by atoms with Gasteiger partial charge in [0, 0.05) is 6.07 Å². The van der Waals surface area contributed by atoms with Crippen LogP contribution in [0.1, 0.15) is 15.2 Å². The Morgan fingerprint density at radius 3 is 2.79 bits per heavy atom. The molecule has 1 aromatic carbocycles. The number of hydrogen-bond acceptors (Lipinski definition) is 7. The summed E-state index contributed by atoms with van der Waals surface area (Å²) in [4.78, 5) is 21.5. The lowest BCUT2D eigenvalue weighted by atomic mass is 10.2. The third-order valence-corrected chi connectivity index (χ3v) is 4.69. The number of nitrogens with one attached hydrogen (secondary N) is 1. The SMILES string of the molecule is COC(=O)c1sc2ncnc(Nc3ccc(F)cc3OC)c2c1C. The van der Waals surface area contributed by atoms with Gasteiger partial charge in [0.2, 0.25) is 0 Å². The smallest absolute Gasteiger partial charge is 0.348 e. The molecule has 3 aromatic rings. The number of halogens is 1. The second-order valence-corrected chi connectivity index (χ2v) is 5.92. The number of rotatable bonds is 4. The van der Waals surface area contributed by atoms with Gasteiger partial charge in [-0.3, -0.25) is 0 Å². The Morgan fingerprint density at radius 1 is 1.29 bits per heavy atom. The molecule has 0 bridgehead atoms. The first kappa shape index (κ1) is 16.1. The van der Waals surface area contributed by atoms with Gasteiger partial charge in [0.1, 0.15) is 33.4 Å². The number of ether oxygens (including phenoxy) is 2. The van der Waals surface area contributed by atoms with Crippen LogP contribution in [0.25, 0.3) is 10.2 Å². The van der Waals surface area contributed by atoms with Crippen molar-refractivity contribution in [3.8, 4) is 5.75 Å². The summed E-state index contributed by atoms with van der Waals surface area (Å²) in [6.07, 6.45) is 1.40. The highest BCUT2D eigenvalue weighted by Crippen LogP contribution is 2.36. The van der Waals surface area contributed by atoms with E-state index in [-0.39, 0.29) is 0 Å². The molecule has 0 unspecified atom stereocenters. The first-order valence-electron chi connectivity index (χ1n) is 6.98. The van der Waals surface area contributed by atoms with Gasteiger partial charge < -0.3 is 14.8 Å². The first-order valence-corrected chi connectivity index (χ1v) is 7.79. The average Bonchev–Trinajstić information content (AvgIpc) is 2.93. The van der Waals surface area contributed by atoms with Crippen LogP contribution >= 0.6 is 11.3 Å². The standard InChI is InChI=1S/C16H14FN3O3S/c1-8-12-14(20-10-5-4-9(17)6-11(10)22-2)18-7-19-15(12)24-13(8)16(21)23-3/h4-7H,1-3H3,(H,18,19,20). The van der Waals surface area contributed by atoms with Crippen LogP contribution in [0, 0.1) is 12.7 Å². The zero-order chi connectivity index (χ0) is 17.3. The van der Waals surface area contributed by atoms with Gasteiger partial charge in [-0.1, -0.05) is 0 Å². The second-order valence-electron chi connectivity index (χ2n) is 4.92. The van der Waals surface area contributed by atoms with Gasteiger partial charge in [-0.2, -0.15) is 0 Å². The van der Waals surface area contributed by atoms with Crippen molar-refractivity contribution in [3.05, 3.63) is 40.8 Å². The number of fused-ring (bicyclic) bond motifs is 1. The van der Waals surface area contributed by atoms with Crippen LogP contribution < -0.4 is 10.1 Å². The molecule has 0 saturated carbocycles. The van der Waals surface area contributed by atoms with Gasteiger partial charge in [0.15, 0.2) is 0 Å². The highest BCUT2D eigenvalue weighted by molar-refractivity contribution is 7.20. The van der Waals surface area contributed by atoms with E-state index in [0.29, 0.717) is 32.3 Å². The highest BCUT2D eigenvalue weighted by atomic mass is 32.1. The Labute approximate surface area is 141 Å². The molecule has 0 fully saturated rings. The number of nitrogens with zero attached hydrogens (tertiary/aromatic N) is 2. The molecule has 0 spiro atoms. The summed E-state index contributed by atoms with van der Waals surface area (Å²) in [5, 5.41) is 3.83. The summed E-state index contributed by atoms with van der Waals surface area (Å²) in [5.74, 6) is 0.0439. The molecular formula is C16H14FN3O3S. The predicted molar refractivity (Wildman–Crippen MR) is 89.7 cm³/mol. The van der Waals surface area contributed by atoms with Crippen LogP contribution in [0.5, 0.6) is 5.75 Å². The molecule has 8 heteroatoms. The van der Waals surface area contributed by atoms with Crippen molar-refractivity contribution in [2.75, 3.05) is 19.5 Å². The van der Waals surface area contributed by atoms with E-state index in [1.165, 1.54) is 44.0 Å². The number of aromatic nitrogens is 2. The number of thiophene rings is 1. The minimum absolute atomic E-state index is 0.350. The second kappa shape index (κ2) is 6.40. The summed E-state index contributed by atoms with van der Waals surface area (Å²) < 4.78 is 23.3. The van der Waals surface area contributed by atoms with Crippen LogP contribution in [0.4, 0.5) is 15.9 Å². The number of esters is 1. The lowest BCUT2D eigenvalue weighted by molar-refractivity contribution is 0.0605. The monoisotopic (exact) mass is 347 g/mol. The van der Waals surface area contributed by atoms with Crippen molar-refractivity contribution in [3.63, 3.8) is 0 Å². The zero-order valence-corrected chi connectivity index (χ0v) is 14.0. The number of methoxy groups -OCH3 is 2. The highest BCUT2D eigenvalue weighted by Gasteiger charge is 2.20. The Kier molecular flexibility index (Phi) is 4.30. The largest absolute Gasteiger partial charge is 0.494 e. The third-order valence-electron chi connectivity index (χ3n) is 3.51. The Balaban J connectivity index is 2.11. The van der Waals surface area contributed by atoms with Crippen molar-refractivity contribution in [1.29, 1.82) is 0 Å². The molecule has 0 radical (unpaired) electrons. The molecule has 3 rings (SSSR count). The quantitative estimate of drug-likeness (QED) is 0.726. The zero-order valence-electron chi connectivity index (χ0n) is 13.2. The van der Waals surface area contributed by atoms with E-state index in [1.54, 1.807) is 6.07 Å². The van der Waals surface area contributed by atoms with Crippen molar-refractivity contribution in [2.45, 2.75) is 6.92 Å². The van der Waals surface area contributed by atoms with Gasteiger partial charge >= 0.3 is 5.97 Å². The third kappa shape index (κ3) is 2.76. The summed E-state index contributed by atoms with van der Waals surface area (Å²) in [7, 11) is 2.79. The summed E-state index contributed by atoms with van der Waals surface area (Å²) in [6, 6.07) is 4.16. The fourth-order valence-electron chi connectivity index (χ4n) is 2.35. The van der Waals surface area contributed by atoms with Crippen LogP contribution in [-0.4, -0.2) is 30.2 Å². The van der Waals surface area contributed by atoms with E-state index in [1.807, 2.05) is 6.92 Å². The summed E-state index contributed by atoms with van der Waals surface area (Å²) in [5.41, 5.74) is 1.29. The molecule has 0 atom stereocenters. The van der Waals surface area contributed by atoms with Crippen LogP contribution in [0.2, 0.25) is 0 Å². The first-order chi connectivity index (χ1) is 11.5. The Bertz CT molecular complexity index is 926. The van der Waals surface area contributed by atoms with Gasteiger partial charge in [-0.15, -0.1) is 11.3 Å². The van der Waals surface area contributed by atoms with Crippen molar-refractivity contribution in [1.82, 2.24) is 9.97 Å². The van der Waals surface area contributed by atoms with E-state index in [0.717, 1.165) is 5.56 Å². The van der Waals surface area contributed by atoms with E-state index in [2.05, 4.69) is 15.3 Å². The summed E-state index contributed by atoms with van der Waals surface area (Å²) >= 11 is 1.24. The molecule has 1 N–H and O–H groups in total. The fraction of sp³-hybridized carbons (Fsp3) is 0.188. The minimum Gasteiger partial charge on any atom is -0.494 e. The van der Waals surface area contributed by atoms with Crippen LogP contribution in [0.15, 0.2) is 24.5 Å². The molecule has 124 valence electrons. The van der Waals surface area contributed by atoms with Crippen molar-refractivity contribution in [2.24, 2.45) is 0 Å². The molecule has 0 aliphatic heterocycles. The molecule has 2 heterocycles. The van der Waals surface area contributed by atoms with E-state index in [4.69, 9.17) is 9.47 Å². The average molecular weight is 347 g/mol. The number of carbonyl (C=O) groups excluding carboxylic acids is 1. The minimum atomic E-state index is -0.416. The topological polar surface area (TPSA) is 73.3 Å². The van der Waals surface area contributed by atoms with E-state index in [9.17, 15) is 9.18 Å². The molecule has 0 saturated heterocycles.